The molecule has 7 nitrogen and oxygen atoms in total. The average Bonchev–Trinajstić information content (AvgIpc) is 3.13. The fourth-order valence-corrected chi connectivity index (χ4v) is 4.54. The van der Waals surface area contributed by atoms with Crippen LogP contribution in [0.3, 0.4) is 0 Å². The Labute approximate surface area is 213 Å². The first kappa shape index (κ1) is 26.1. The zero-order valence-electron chi connectivity index (χ0n) is 19.4. The number of amides is 2. The highest BCUT2D eigenvalue weighted by atomic mass is 35.5. The van der Waals surface area contributed by atoms with Gasteiger partial charge in [-0.1, -0.05) is 66.5 Å². The van der Waals surface area contributed by atoms with Gasteiger partial charge >= 0.3 is 0 Å². The maximum atomic E-state index is 12.9. The fraction of sp³-hybridized carbons (Fsp3) is 0.333. The first-order valence-corrected chi connectivity index (χ1v) is 12.5. The normalized spacial score (nSPS) is 12.0. The summed E-state index contributed by atoms with van der Waals surface area (Å²) in [5.74, 6) is 0.624. The van der Waals surface area contributed by atoms with Crippen molar-refractivity contribution in [2.24, 2.45) is 13.0 Å². The molecule has 0 aliphatic heterocycles. The highest BCUT2D eigenvalue weighted by molar-refractivity contribution is 7.99. The Morgan fingerprint density at radius 3 is 2.44 bits per heavy atom. The summed E-state index contributed by atoms with van der Waals surface area (Å²) in [5.41, 5.74) is 2.21. The van der Waals surface area contributed by atoms with Gasteiger partial charge in [0.25, 0.3) is 5.91 Å². The van der Waals surface area contributed by atoms with E-state index in [1.54, 1.807) is 16.7 Å². The fourth-order valence-electron chi connectivity index (χ4n) is 3.33. The third-order valence-electron chi connectivity index (χ3n) is 5.04. The van der Waals surface area contributed by atoms with Crippen LogP contribution in [-0.2, 0) is 11.8 Å². The summed E-state index contributed by atoms with van der Waals surface area (Å²) in [6.45, 7) is 6.12. The van der Waals surface area contributed by atoms with E-state index in [9.17, 15) is 9.59 Å². The molecule has 3 aromatic rings. The molecule has 0 radical (unpaired) electrons. The number of hydrogen-bond acceptors (Lipinski definition) is 5. The lowest BCUT2D eigenvalue weighted by Crippen LogP contribution is -2.31. The van der Waals surface area contributed by atoms with Crippen molar-refractivity contribution in [3.05, 3.63) is 69.5 Å². The molecule has 0 unspecified atom stereocenters. The molecule has 0 bridgehead atoms. The molecule has 0 saturated carbocycles. The van der Waals surface area contributed by atoms with Gasteiger partial charge in [0.2, 0.25) is 5.91 Å². The molecule has 0 aliphatic rings. The summed E-state index contributed by atoms with van der Waals surface area (Å²) in [4.78, 5) is 25.3. The summed E-state index contributed by atoms with van der Waals surface area (Å²) >= 11 is 13.4. The lowest BCUT2D eigenvalue weighted by molar-refractivity contribution is -0.113. The van der Waals surface area contributed by atoms with Crippen LogP contribution in [0.1, 0.15) is 48.1 Å². The number of rotatable bonds is 9. The largest absolute Gasteiger partial charge is 0.342 e. The SMILES string of the molecule is Cc1ccc(NC(=O)CSc2nnc([C@@H](CC(C)C)NC(=O)c3ccc(Cl)cc3Cl)n2C)cc1. The van der Waals surface area contributed by atoms with Crippen LogP contribution in [0, 0.1) is 12.8 Å². The average molecular weight is 520 g/mol. The molecule has 180 valence electrons. The first-order valence-electron chi connectivity index (χ1n) is 10.8. The maximum absolute atomic E-state index is 12.9. The van der Waals surface area contributed by atoms with Crippen LogP contribution in [0.4, 0.5) is 5.69 Å². The van der Waals surface area contributed by atoms with E-state index in [4.69, 9.17) is 23.2 Å². The van der Waals surface area contributed by atoms with Gasteiger partial charge in [0, 0.05) is 17.8 Å². The lowest BCUT2D eigenvalue weighted by Gasteiger charge is -2.20. The van der Waals surface area contributed by atoms with Crippen molar-refractivity contribution in [2.75, 3.05) is 11.1 Å². The van der Waals surface area contributed by atoms with E-state index in [0.29, 0.717) is 33.9 Å². The number of benzene rings is 2. The summed E-state index contributed by atoms with van der Waals surface area (Å²) < 4.78 is 1.81. The van der Waals surface area contributed by atoms with Crippen LogP contribution < -0.4 is 10.6 Å². The van der Waals surface area contributed by atoms with Crippen molar-refractivity contribution in [3.8, 4) is 0 Å². The van der Waals surface area contributed by atoms with Crippen LogP contribution in [0.5, 0.6) is 0 Å². The van der Waals surface area contributed by atoms with Crippen molar-refractivity contribution in [1.82, 2.24) is 20.1 Å². The number of thioether (sulfide) groups is 1. The highest BCUT2D eigenvalue weighted by Gasteiger charge is 2.24. The van der Waals surface area contributed by atoms with Crippen molar-refractivity contribution in [3.63, 3.8) is 0 Å². The number of anilines is 1. The molecule has 1 atom stereocenters. The molecule has 3 rings (SSSR count). The number of carbonyl (C=O) groups excluding carboxylic acids is 2. The summed E-state index contributed by atoms with van der Waals surface area (Å²) in [5, 5.41) is 15.8. The molecular weight excluding hydrogens is 493 g/mol. The number of nitrogens with one attached hydrogen (secondary N) is 2. The summed E-state index contributed by atoms with van der Waals surface area (Å²) in [6.07, 6.45) is 0.654. The van der Waals surface area contributed by atoms with Gasteiger partial charge in [-0.3, -0.25) is 9.59 Å². The Morgan fingerprint density at radius 2 is 1.79 bits per heavy atom. The van der Waals surface area contributed by atoms with Crippen molar-refractivity contribution in [2.45, 2.75) is 38.4 Å². The monoisotopic (exact) mass is 519 g/mol. The molecule has 0 fully saturated rings. The highest BCUT2D eigenvalue weighted by Crippen LogP contribution is 2.26. The number of halogens is 2. The molecule has 1 heterocycles. The Hall–Kier alpha value is -2.55. The molecule has 0 saturated heterocycles. The zero-order chi connectivity index (χ0) is 24.8. The Balaban J connectivity index is 1.69. The van der Waals surface area contributed by atoms with Gasteiger partial charge in [-0.25, -0.2) is 0 Å². The van der Waals surface area contributed by atoms with Gasteiger partial charge < -0.3 is 15.2 Å². The van der Waals surface area contributed by atoms with Crippen LogP contribution >= 0.6 is 35.0 Å². The minimum absolute atomic E-state index is 0.136. The van der Waals surface area contributed by atoms with Gasteiger partial charge in [-0.05, 0) is 49.6 Å². The minimum atomic E-state index is -0.382. The van der Waals surface area contributed by atoms with Crippen molar-refractivity contribution in [1.29, 1.82) is 0 Å². The third-order valence-corrected chi connectivity index (χ3v) is 6.60. The van der Waals surface area contributed by atoms with Crippen molar-refractivity contribution < 1.29 is 9.59 Å². The topological polar surface area (TPSA) is 88.9 Å². The smallest absolute Gasteiger partial charge is 0.253 e. The number of aromatic nitrogens is 3. The predicted molar refractivity (Wildman–Crippen MR) is 138 cm³/mol. The molecule has 0 aliphatic carbocycles. The van der Waals surface area contributed by atoms with Crippen LogP contribution in [0.15, 0.2) is 47.6 Å². The molecule has 0 spiro atoms. The van der Waals surface area contributed by atoms with Crippen LogP contribution in [0.2, 0.25) is 10.0 Å². The molecule has 2 amide bonds. The van der Waals surface area contributed by atoms with Crippen LogP contribution in [-0.4, -0.2) is 32.3 Å². The van der Waals surface area contributed by atoms with E-state index in [1.165, 1.54) is 17.8 Å². The van der Waals surface area contributed by atoms with E-state index < -0.39 is 0 Å². The quantitative estimate of drug-likeness (QED) is 0.355. The number of hydrogen-bond donors (Lipinski definition) is 2. The number of carbonyl (C=O) groups is 2. The van der Waals surface area contributed by atoms with Crippen LogP contribution in [0.25, 0.3) is 0 Å². The molecule has 10 heteroatoms. The van der Waals surface area contributed by atoms with Gasteiger partial charge in [0.1, 0.15) is 0 Å². The molecule has 34 heavy (non-hydrogen) atoms. The molecule has 1 aromatic heterocycles. The van der Waals surface area contributed by atoms with E-state index in [1.807, 2.05) is 38.2 Å². The predicted octanol–water partition coefficient (Wildman–Crippen LogP) is 5.68. The van der Waals surface area contributed by atoms with E-state index in [2.05, 4.69) is 34.7 Å². The molecular formula is C24H27Cl2N5O2S. The van der Waals surface area contributed by atoms with Gasteiger partial charge in [0.05, 0.1) is 22.4 Å². The second kappa shape index (κ2) is 11.7. The first-order chi connectivity index (χ1) is 16.1. The lowest BCUT2D eigenvalue weighted by atomic mass is 10.0. The Bertz CT molecular complexity index is 1160. The van der Waals surface area contributed by atoms with Gasteiger partial charge in [-0.15, -0.1) is 10.2 Å². The Morgan fingerprint density at radius 1 is 1.09 bits per heavy atom. The zero-order valence-corrected chi connectivity index (χ0v) is 21.8. The minimum Gasteiger partial charge on any atom is -0.342 e. The summed E-state index contributed by atoms with van der Waals surface area (Å²) in [7, 11) is 1.82. The number of aryl methyl sites for hydroxylation is 1. The molecule has 2 N–H and O–H groups in total. The maximum Gasteiger partial charge on any atom is 0.253 e. The second-order valence-electron chi connectivity index (χ2n) is 8.38. The number of nitrogens with zero attached hydrogens (tertiary/aromatic N) is 3. The van der Waals surface area contributed by atoms with Gasteiger partial charge in [-0.2, -0.15) is 0 Å². The van der Waals surface area contributed by atoms with Crippen molar-refractivity contribution >= 4 is 52.5 Å². The van der Waals surface area contributed by atoms with E-state index in [-0.39, 0.29) is 28.6 Å². The standard InChI is InChI=1S/C24H27Cl2N5O2S/c1-14(2)11-20(28-23(33)18-10-7-16(25)12-19(18)26)22-29-30-24(31(22)4)34-13-21(32)27-17-8-5-15(3)6-9-17/h5-10,12,14,20H,11,13H2,1-4H3,(H,27,32)(H,28,33)/t20-/m1/s1. The Kier molecular flexibility index (Phi) is 8.99. The third kappa shape index (κ3) is 6.98. The van der Waals surface area contributed by atoms with E-state index in [0.717, 1.165) is 11.3 Å². The van der Waals surface area contributed by atoms with Gasteiger partial charge in [0.15, 0.2) is 11.0 Å². The van der Waals surface area contributed by atoms with E-state index >= 15 is 0 Å². The second-order valence-corrected chi connectivity index (χ2v) is 10.2. The summed E-state index contributed by atoms with van der Waals surface area (Å²) in [6, 6.07) is 12.0. The molecule has 2 aromatic carbocycles.